The van der Waals surface area contributed by atoms with E-state index in [1.54, 1.807) is 23.1 Å². The summed E-state index contributed by atoms with van der Waals surface area (Å²) < 4.78 is 66.6. The van der Waals surface area contributed by atoms with Crippen molar-refractivity contribution in [2.24, 2.45) is 5.16 Å². The number of carbonyl (C=O) groups is 1. The summed E-state index contributed by atoms with van der Waals surface area (Å²) in [6, 6.07) is 7.19. The third-order valence-electron chi connectivity index (χ3n) is 6.82. The van der Waals surface area contributed by atoms with Crippen molar-refractivity contribution in [1.82, 2.24) is 19.7 Å². The lowest BCUT2D eigenvalue weighted by Gasteiger charge is -2.31. The predicted octanol–water partition coefficient (Wildman–Crippen LogP) is 5.88. The van der Waals surface area contributed by atoms with E-state index >= 15 is 0 Å². The van der Waals surface area contributed by atoms with E-state index in [2.05, 4.69) is 10.3 Å². The summed E-state index contributed by atoms with van der Waals surface area (Å²) in [5.74, 6) is -0.157. The van der Waals surface area contributed by atoms with Crippen molar-refractivity contribution in [3.63, 3.8) is 0 Å². The number of oxime groups is 1. The Hall–Kier alpha value is -3.35. The van der Waals surface area contributed by atoms with Crippen molar-refractivity contribution >= 4 is 23.0 Å². The third kappa shape index (κ3) is 5.42. The number of alkyl halides is 5. The van der Waals surface area contributed by atoms with E-state index in [-0.39, 0.29) is 29.6 Å². The second-order valence-electron chi connectivity index (χ2n) is 9.32. The summed E-state index contributed by atoms with van der Waals surface area (Å²) in [7, 11) is 0. The first-order valence-electron chi connectivity index (χ1n) is 12.0. The molecule has 2 aliphatic heterocycles. The van der Waals surface area contributed by atoms with Gasteiger partial charge < -0.3 is 9.74 Å². The van der Waals surface area contributed by atoms with Gasteiger partial charge in [0.15, 0.2) is 11.8 Å². The highest BCUT2D eigenvalue weighted by Gasteiger charge is 2.35. The van der Waals surface area contributed by atoms with Gasteiger partial charge in [0.2, 0.25) is 5.91 Å². The lowest BCUT2D eigenvalue weighted by Crippen LogP contribution is -2.40. The van der Waals surface area contributed by atoms with Crippen LogP contribution >= 0.6 is 11.3 Å². The molecule has 202 valence electrons. The summed E-state index contributed by atoms with van der Waals surface area (Å²) >= 11 is 1.48. The molecular formula is C25H24F5N5O2S. The Morgan fingerprint density at radius 2 is 1.95 bits per heavy atom. The molecule has 1 atom stereocenters. The van der Waals surface area contributed by atoms with Gasteiger partial charge in [-0.2, -0.15) is 18.3 Å². The summed E-state index contributed by atoms with van der Waals surface area (Å²) in [6.07, 6.45) is -6.10. The topological polar surface area (TPSA) is 72.6 Å². The zero-order valence-corrected chi connectivity index (χ0v) is 21.1. The molecule has 7 nitrogen and oxygen atoms in total. The molecule has 0 radical (unpaired) electrons. The van der Waals surface area contributed by atoms with Crippen LogP contribution in [0.15, 0.2) is 40.9 Å². The lowest BCUT2D eigenvalue weighted by atomic mass is 9.97. The highest BCUT2D eigenvalue weighted by atomic mass is 32.1. The number of hydrogen-bond acceptors (Lipinski definition) is 6. The highest BCUT2D eigenvalue weighted by molar-refractivity contribution is 7.10. The van der Waals surface area contributed by atoms with Crippen molar-refractivity contribution in [1.29, 1.82) is 0 Å². The van der Waals surface area contributed by atoms with Gasteiger partial charge in [0.25, 0.3) is 6.43 Å². The molecule has 0 saturated carbocycles. The van der Waals surface area contributed by atoms with Crippen LogP contribution in [-0.2, 0) is 22.4 Å². The molecule has 0 spiro atoms. The Kier molecular flexibility index (Phi) is 7.21. The molecule has 2 aromatic heterocycles. The van der Waals surface area contributed by atoms with E-state index in [0.717, 1.165) is 15.8 Å². The van der Waals surface area contributed by atoms with Crippen LogP contribution in [0, 0.1) is 6.92 Å². The molecule has 1 fully saturated rings. The quantitative estimate of drug-likeness (QED) is 0.358. The molecule has 3 aromatic rings. The molecule has 13 heteroatoms. The lowest BCUT2D eigenvalue weighted by molar-refractivity contribution is -0.142. The first-order valence-corrected chi connectivity index (χ1v) is 12.9. The number of halogens is 5. The zero-order valence-electron chi connectivity index (χ0n) is 20.3. The van der Waals surface area contributed by atoms with Gasteiger partial charge in [-0.25, -0.2) is 13.8 Å². The highest BCUT2D eigenvalue weighted by Crippen LogP contribution is 2.37. The van der Waals surface area contributed by atoms with Crippen molar-refractivity contribution in [3.05, 3.63) is 68.9 Å². The number of aromatic nitrogens is 3. The smallest absolute Gasteiger partial charge is 0.387 e. The molecule has 0 aliphatic carbocycles. The monoisotopic (exact) mass is 553 g/mol. The molecule has 0 N–H and O–H groups in total. The van der Waals surface area contributed by atoms with E-state index in [0.29, 0.717) is 49.3 Å². The Balaban J connectivity index is 1.16. The average Bonchev–Trinajstić information content (AvgIpc) is 3.64. The van der Waals surface area contributed by atoms with Crippen LogP contribution in [0.2, 0.25) is 0 Å². The van der Waals surface area contributed by atoms with Crippen LogP contribution in [0.3, 0.4) is 0 Å². The minimum Gasteiger partial charge on any atom is -0.387 e. The zero-order chi connectivity index (χ0) is 27.0. The Bertz CT molecular complexity index is 1340. The van der Waals surface area contributed by atoms with E-state index in [9.17, 15) is 26.7 Å². The van der Waals surface area contributed by atoms with Crippen molar-refractivity contribution in [2.75, 3.05) is 13.1 Å². The van der Waals surface area contributed by atoms with E-state index in [1.165, 1.54) is 24.3 Å². The first kappa shape index (κ1) is 26.3. The number of aryl methyl sites for hydroxylation is 1. The maximum Gasteiger partial charge on any atom is 0.435 e. The molecule has 1 saturated heterocycles. The van der Waals surface area contributed by atoms with Gasteiger partial charge in [0.1, 0.15) is 12.3 Å². The number of carbonyl (C=O) groups excluding carboxylic acids is 1. The summed E-state index contributed by atoms with van der Waals surface area (Å²) in [5, 5.41) is 10.4. The average molecular weight is 554 g/mol. The predicted molar refractivity (Wildman–Crippen MR) is 129 cm³/mol. The number of rotatable bonds is 6. The standard InChI is InChI=1S/C25H24F5N5O2S/c1-14-10-21(25(28,29)30)32-35(14)12-22(36)34-8-6-15(7-9-34)24-31-19(13-38-24)18-11-20(37-33-18)16-4-2-3-5-17(16)23(26)27/h2-5,10,13,15,20,23H,6-9,11-12H2,1H3. The maximum atomic E-state index is 13.4. The Labute approximate surface area is 218 Å². The van der Waals surface area contributed by atoms with Crippen LogP contribution in [0.25, 0.3) is 0 Å². The fraction of sp³-hybridized carbons (Fsp3) is 0.440. The maximum absolute atomic E-state index is 13.4. The van der Waals surface area contributed by atoms with Crippen LogP contribution < -0.4 is 0 Å². The Morgan fingerprint density at radius 3 is 2.63 bits per heavy atom. The number of piperidine rings is 1. The molecule has 2 aliphatic rings. The van der Waals surface area contributed by atoms with Crippen LogP contribution in [0.4, 0.5) is 22.0 Å². The van der Waals surface area contributed by atoms with Crippen molar-refractivity contribution < 1.29 is 31.6 Å². The van der Waals surface area contributed by atoms with Gasteiger partial charge in [0, 0.05) is 47.6 Å². The normalized spacial score (nSPS) is 18.7. The van der Waals surface area contributed by atoms with Crippen molar-refractivity contribution in [2.45, 2.75) is 57.4 Å². The third-order valence-corrected chi connectivity index (χ3v) is 7.83. The van der Waals surface area contributed by atoms with E-state index in [4.69, 9.17) is 9.82 Å². The number of thiazole rings is 1. The second-order valence-corrected chi connectivity index (χ2v) is 10.2. The molecule has 5 rings (SSSR count). The molecule has 1 amide bonds. The molecule has 0 bridgehead atoms. The molecule has 4 heterocycles. The van der Waals surface area contributed by atoms with Gasteiger partial charge in [-0.15, -0.1) is 11.3 Å². The SMILES string of the molecule is Cc1cc(C(F)(F)F)nn1CC(=O)N1CCC(c2nc(C3=NOC(c4ccccc4C(F)F)C3)cs2)CC1. The van der Waals surface area contributed by atoms with Crippen LogP contribution in [0.5, 0.6) is 0 Å². The summed E-state index contributed by atoms with van der Waals surface area (Å²) in [4.78, 5) is 24.5. The van der Waals surface area contributed by atoms with Gasteiger partial charge in [0.05, 0.1) is 10.7 Å². The van der Waals surface area contributed by atoms with Gasteiger partial charge in [-0.3, -0.25) is 9.48 Å². The Morgan fingerprint density at radius 1 is 1.21 bits per heavy atom. The first-order chi connectivity index (χ1) is 18.1. The molecule has 1 aromatic carbocycles. The number of benzene rings is 1. The van der Waals surface area contributed by atoms with Gasteiger partial charge in [-0.1, -0.05) is 29.4 Å². The minimum atomic E-state index is -4.56. The fourth-order valence-electron chi connectivity index (χ4n) is 4.72. The van der Waals surface area contributed by atoms with Crippen LogP contribution in [-0.4, -0.2) is 44.4 Å². The van der Waals surface area contributed by atoms with E-state index in [1.807, 2.05) is 5.38 Å². The summed E-state index contributed by atoms with van der Waals surface area (Å²) in [6.45, 7) is 2.16. The minimum absolute atomic E-state index is 0.0715. The number of likely N-dealkylation sites (tertiary alicyclic amines) is 1. The van der Waals surface area contributed by atoms with E-state index < -0.39 is 24.4 Å². The number of hydrogen-bond donors (Lipinski definition) is 0. The summed E-state index contributed by atoms with van der Waals surface area (Å²) in [5.41, 5.74) is 0.848. The molecule has 1 unspecified atom stereocenters. The molecule has 38 heavy (non-hydrogen) atoms. The van der Waals surface area contributed by atoms with Crippen LogP contribution in [0.1, 0.15) is 70.9 Å². The van der Waals surface area contributed by atoms with Gasteiger partial charge in [-0.05, 0) is 25.8 Å². The number of nitrogens with zero attached hydrogens (tertiary/aromatic N) is 5. The van der Waals surface area contributed by atoms with Crippen molar-refractivity contribution in [3.8, 4) is 0 Å². The van der Waals surface area contributed by atoms with Gasteiger partial charge >= 0.3 is 6.18 Å². The fourth-order valence-corrected chi connectivity index (χ4v) is 5.72. The number of amides is 1. The second kappa shape index (κ2) is 10.4. The molecular weight excluding hydrogens is 529 g/mol. The largest absolute Gasteiger partial charge is 0.435 e.